The second-order valence-corrected chi connectivity index (χ2v) is 7.93. The average molecular weight is 414 g/mol. The van der Waals surface area contributed by atoms with Crippen LogP contribution in [0, 0.1) is 17.8 Å². The highest BCUT2D eigenvalue weighted by Gasteiger charge is 2.62. The van der Waals surface area contributed by atoms with Gasteiger partial charge >= 0.3 is 0 Å². The molecule has 1 saturated carbocycles. The number of carbonyl (C=O) groups is 3. The van der Waals surface area contributed by atoms with E-state index in [1.807, 2.05) is 0 Å². The zero-order valence-corrected chi connectivity index (χ0v) is 15.5. The molecule has 156 valence electrons. The molecule has 11 nitrogen and oxygen atoms in total. The van der Waals surface area contributed by atoms with Gasteiger partial charge in [-0.2, -0.15) is 0 Å². The highest BCUT2D eigenvalue weighted by atomic mass is 16.4. The molecular formula is C19H18N4O7. The number of ketones is 2. The lowest BCUT2D eigenvalue weighted by Gasteiger charge is -2.52. The lowest BCUT2D eigenvalue weighted by Crippen LogP contribution is -2.64. The van der Waals surface area contributed by atoms with Crippen molar-refractivity contribution >= 4 is 23.2 Å². The number of amides is 1. The molecule has 0 radical (unpaired) electrons. The van der Waals surface area contributed by atoms with Crippen LogP contribution in [-0.4, -0.2) is 49.6 Å². The number of hydrogen-bond donors (Lipinski definition) is 5. The number of aliphatic hydroxyl groups is 3. The van der Waals surface area contributed by atoms with Crippen LogP contribution < -0.4 is 5.73 Å². The number of fused-ring (bicyclic) bond motifs is 3. The Morgan fingerprint density at radius 3 is 2.60 bits per heavy atom. The Bertz CT molecular complexity index is 1090. The van der Waals surface area contributed by atoms with Crippen LogP contribution in [0.1, 0.15) is 28.8 Å². The highest BCUT2D eigenvalue weighted by Crippen LogP contribution is 2.53. The first-order valence-electron chi connectivity index (χ1n) is 9.24. The predicted octanol–water partition coefficient (Wildman–Crippen LogP) is 0.687. The molecule has 3 aliphatic carbocycles. The summed E-state index contributed by atoms with van der Waals surface area (Å²) in [7, 11) is 0. The average Bonchev–Trinajstić information content (AvgIpc) is 2.66. The second-order valence-electron chi connectivity index (χ2n) is 7.93. The van der Waals surface area contributed by atoms with Crippen LogP contribution in [0.15, 0.2) is 28.6 Å². The van der Waals surface area contributed by atoms with Gasteiger partial charge in [-0.05, 0) is 35.9 Å². The van der Waals surface area contributed by atoms with E-state index in [1.165, 1.54) is 12.1 Å². The number of aromatic hydroxyl groups is 1. The minimum absolute atomic E-state index is 0.115. The monoisotopic (exact) mass is 414 g/mol. The molecule has 0 aromatic heterocycles. The summed E-state index contributed by atoms with van der Waals surface area (Å²) in [6.45, 7) is 0. The van der Waals surface area contributed by atoms with E-state index < -0.39 is 64.0 Å². The molecule has 5 atom stereocenters. The number of rotatable bonds is 2. The Labute approximate surface area is 169 Å². The van der Waals surface area contributed by atoms with E-state index in [-0.39, 0.29) is 30.5 Å². The SMILES string of the molecule is [N-]=[N+]=Nc1ccc2c(c1O)C(=O)C1C(C2)CC2CC(=O)C(C(N)=O)=C(O)C2(O)C1O. The molecule has 1 amide bonds. The van der Waals surface area contributed by atoms with E-state index in [0.717, 1.165) is 0 Å². The summed E-state index contributed by atoms with van der Waals surface area (Å²) in [4.78, 5) is 39.7. The van der Waals surface area contributed by atoms with Crippen LogP contribution in [0.5, 0.6) is 5.75 Å². The Balaban J connectivity index is 1.84. The molecule has 3 aliphatic rings. The molecule has 0 aliphatic heterocycles. The van der Waals surface area contributed by atoms with Crippen molar-refractivity contribution in [1.82, 2.24) is 0 Å². The molecule has 5 unspecified atom stereocenters. The topological polar surface area (TPSA) is 207 Å². The summed E-state index contributed by atoms with van der Waals surface area (Å²) in [5.41, 5.74) is 10.8. The largest absolute Gasteiger partial charge is 0.508 e. The molecule has 0 bridgehead atoms. The quantitative estimate of drug-likeness (QED) is 0.202. The molecule has 30 heavy (non-hydrogen) atoms. The summed E-state index contributed by atoms with van der Waals surface area (Å²) in [5.74, 6) is -6.87. The number of carbonyl (C=O) groups excluding carboxylic acids is 3. The summed E-state index contributed by atoms with van der Waals surface area (Å²) in [6.07, 6.45) is -1.81. The van der Waals surface area contributed by atoms with E-state index in [9.17, 15) is 34.8 Å². The maximum atomic E-state index is 13.2. The highest BCUT2D eigenvalue weighted by molar-refractivity contribution is 6.20. The number of benzene rings is 1. The molecule has 11 heteroatoms. The number of nitrogens with zero attached hydrogens (tertiary/aromatic N) is 3. The third-order valence-electron chi connectivity index (χ3n) is 6.51. The van der Waals surface area contributed by atoms with Gasteiger partial charge in [0.1, 0.15) is 23.2 Å². The van der Waals surface area contributed by atoms with Crippen LogP contribution in [0.3, 0.4) is 0 Å². The first kappa shape index (κ1) is 19.9. The third kappa shape index (κ3) is 2.46. The molecule has 1 aromatic rings. The van der Waals surface area contributed by atoms with Gasteiger partial charge in [0.15, 0.2) is 17.2 Å². The van der Waals surface area contributed by atoms with Crippen LogP contribution in [0.25, 0.3) is 10.4 Å². The molecule has 1 aromatic carbocycles. The number of phenols is 1. The van der Waals surface area contributed by atoms with Gasteiger partial charge in [-0.1, -0.05) is 11.2 Å². The van der Waals surface area contributed by atoms with Crippen LogP contribution >= 0.6 is 0 Å². The van der Waals surface area contributed by atoms with Crippen molar-refractivity contribution in [3.8, 4) is 5.75 Å². The Hall–Kier alpha value is -3.40. The van der Waals surface area contributed by atoms with Gasteiger partial charge in [0.25, 0.3) is 5.91 Å². The van der Waals surface area contributed by atoms with E-state index in [2.05, 4.69) is 10.0 Å². The van der Waals surface area contributed by atoms with Crippen LogP contribution in [0.4, 0.5) is 5.69 Å². The van der Waals surface area contributed by atoms with Crippen molar-refractivity contribution < 1.29 is 34.8 Å². The van der Waals surface area contributed by atoms with Gasteiger partial charge in [-0.3, -0.25) is 14.4 Å². The Morgan fingerprint density at radius 2 is 1.97 bits per heavy atom. The fourth-order valence-corrected chi connectivity index (χ4v) is 5.16. The minimum atomic E-state index is -2.41. The zero-order chi connectivity index (χ0) is 22.0. The van der Waals surface area contributed by atoms with Gasteiger partial charge in [-0.15, -0.1) is 0 Å². The fraction of sp³-hybridized carbons (Fsp3) is 0.421. The van der Waals surface area contributed by atoms with E-state index in [0.29, 0.717) is 5.56 Å². The number of nitrogens with two attached hydrogens (primary N) is 1. The van der Waals surface area contributed by atoms with Crippen LogP contribution in [-0.2, 0) is 16.0 Å². The second kappa shape index (κ2) is 6.56. The molecule has 0 saturated heterocycles. The molecule has 0 spiro atoms. The smallest absolute Gasteiger partial charge is 0.255 e. The lowest BCUT2D eigenvalue weighted by atomic mass is 9.55. The van der Waals surface area contributed by atoms with Gasteiger partial charge in [0.2, 0.25) is 0 Å². The van der Waals surface area contributed by atoms with Crippen molar-refractivity contribution in [2.75, 3.05) is 0 Å². The first-order chi connectivity index (χ1) is 14.1. The number of primary amides is 1. The van der Waals surface area contributed by atoms with Gasteiger partial charge < -0.3 is 26.2 Å². The van der Waals surface area contributed by atoms with Crippen molar-refractivity contribution in [3.05, 3.63) is 45.0 Å². The van der Waals surface area contributed by atoms with Crippen molar-refractivity contribution in [2.45, 2.75) is 31.0 Å². The molecular weight excluding hydrogens is 396 g/mol. The fourth-order valence-electron chi connectivity index (χ4n) is 5.16. The van der Waals surface area contributed by atoms with E-state index >= 15 is 0 Å². The minimum Gasteiger partial charge on any atom is -0.508 e. The third-order valence-corrected chi connectivity index (χ3v) is 6.51. The van der Waals surface area contributed by atoms with Crippen LogP contribution in [0.2, 0.25) is 0 Å². The molecule has 0 heterocycles. The summed E-state index contributed by atoms with van der Waals surface area (Å²) in [6, 6.07) is 2.91. The number of Topliss-reactive ketones (excluding diaryl/α,β-unsaturated/α-hetero) is 2. The van der Waals surface area contributed by atoms with E-state index in [4.69, 9.17) is 11.3 Å². The summed E-state index contributed by atoms with van der Waals surface area (Å²) < 4.78 is 0. The normalized spacial score (nSPS) is 32.6. The van der Waals surface area contributed by atoms with Crippen molar-refractivity contribution in [1.29, 1.82) is 0 Å². The number of hydrogen-bond acceptors (Lipinski definition) is 8. The predicted molar refractivity (Wildman–Crippen MR) is 99.5 cm³/mol. The molecule has 6 N–H and O–H groups in total. The maximum Gasteiger partial charge on any atom is 0.255 e. The van der Waals surface area contributed by atoms with Crippen molar-refractivity contribution in [2.24, 2.45) is 28.6 Å². The molecule has 4 rings (SSSR count). The van der Waals surface area contributed by atoms with E-state index in [1.54, 1.807) is 0 Å². The number of aliphatic hydroxyl groups excluding tert-OH is 2. The summed E-state index contributed by atoms with van der Waals surface area (Å²) in [5, 5.41) is 46.4. The first-order valence-corrected chi connectivity index (χ1v) is 9.24. The number of phenolic OH excluding ortho intramolecular Hbond substituents is 1. The Morgan fingerprint density at radius 1 is 1.27 bits per heavy atom. The zero-order valence-electron chi connectivity index (χ0n) is 15.5. The Kier molecular flexibility index (Phi) is 4.35. The van der Waals surface area contributed by atoms with Crippen molar-refractivity contribution in [3.63, 3.8) is 0 Å². The standard InChI is InChI=1S/C19H18N4O7/c20-18(29)13-10(24)5-8-4-7-3-6-1-2-9(22-23-21)14(25)11(6)15(26)12(7)16(27)19(8,30)17(13)28/h1-2,7-8,12,16,25,27-28,30H,3-5H2,(H2,20,29). The van der Waals surface area contributed by atoms with Gasteiger partial charge in [0.05, 0.1) is 17.2 Å². The maximum absolute atomic E-state index is 13.2. The number of azide groups is 1. The molecule has 1 fully saturated rings. The summed E-state index contributed by atoms with van der Waals surface area (Å²) >= 11 is 0. The van der Waals surface area contributed by atoms with Gasteiger partial charge in [0, 0.05) is 17.3 Å². The van der Waals surface area contributed by atoms with Gasteiger partial charge in [-0.25, -0.2) is 0 Å². The lowest BCUT2D eigenvalue weighted by molar-refractivity contribution is -0.170.